The third-order valence-corrected chi connectivity index (χ3v) is 4.42. The lowest BCUT2D eigenvalue weighted by Crippen LogP contribution is -2.48. The maximum atomic E-state index is 12.6. The molecule has 0 spiro atoms. The fourth-order valence-electron chi connectivity index (χ4n) is 2.68. The SMILES string of the molecule is C=CCNC(=O)NC(=O)CN1CCCC1C(=O)Nc1cc(Cl)ccc1Cl. The standard InChI is InChI=1S/C17H20Cl2N4O3/c1-2-7-20-17(26)22-15(24)10-23-8-3-4-14(23)16(25)21-13-9-11(18)5-6-12(13)19/h2,5-6,9,14H,1,3-4,7-8,10H2,(H,21,25)(H2,20,22,24,26). The summed E-state index contributed by atoms with van der Waals surface area (Å²) in [6.07, 6.45) is 2.89. The Morgan fingerprint density at radius 1 is 1.31 bits per heavy atom. The molecule has 0 aromatic heterocycles. The smallest absolute Gasteiger partial charge is 0.321 e. The number of nitrogens with one attached hydrogen (secondary N) is 3. The number of carbonyl (C=O) groups is 3. The number of carbonyl (C=O) groups excluding carboxylic acids is 3. The Hall–Kier alpha value is -2.09. The third-order valence-electron chi connectivity index (χ3n) is 3.86. The molecule has 1 aliphatic heterocycles. The molecule has 3 N–H and O–H groups in total. The van der Waals surface area contributed by atoms with E-state index in [9.17, 15) is 14.4 Å². The summed E-state index contributed by atoms with van der Waals surface area (Å²) in [5.41, 5.74) is 0.421. The molecule has 1 aliphatic rings. The first-order chi connectivity index (χ1) is 12.4. The molecular weight excluding hydrogens is 379 g/mol. The van der Waals surface area contributed by atoms with E-state index in [1.165, 1.54) is 6.08 Å². The van der Waals surface area contributed by atoms with Gasteiger partial charge >= 0.3 is 6.03 Å². The summed E-state index contributed by atoms with van der Waals surface area (Å²) < 4.78 is 0. The highest BCUT2D eigenvalue weighted by Gasteiger charge is 2.32. The number of likely N-dealkylation sites (tertiary alicyclic amines) is 1. The van der Waals surface area contributed by atoms with Crippen LogP contribution in [0.2, 0.25) is 10.0 Å². The van der Waals surface area contributed by atoms with E-state index in [4.69, 9.17) is 23.2 Å². The van der Waals surface area contributed by atoms with Gasteiger partial charge in [0.15, 0.2) is 0 Å². The molecule has 2 rings (SSSR count). The number of benzene rings is 1. The van der Waals surface area contributed by atoms with Crippen LogP contribution in [0.4, 0.5) is 10.5 Å². The highest BCUT2D eigenvalue weighted by atomic mass is 35.5. The summed E-state index contributed by atoms with van der Waals surface area (Å²) >= 11 is 12.0. The number of halogens is 2. The average molecular weight is 399 g/mol. The minimum Gasteiger partial charge on any atom is -0.334 e. The first kappa shape index (κ1) is 20.2. The predicted octanol–water partition coefficient (Wildman–Crippen LogP) is 2.41. The van der Waals surface area contributed by atoms with Gasteiger partial charge in [0, 0.05) is 11.6 Å². The van der Waals surface area contributed by atoms with E-state index in [2.05, 4.69) is 22.5 Å². The van der Waals surface area contributed by atoms with E-state index in [0.717, 1.165) is 6.42 Å². The van der Waals surface area contributed by atoms with Crippen LogP contribution >= 0.6 is 23.2 Å². The first-order valence-electron chi connectivity index (χ1n) is 8.09. The molecule has 0 saturated carbocycles. The minimum atomic E-state index is -0.596. The molecule has 1 atom stereocenters. The number of imide groups is 1. The van der Waals surface area contributed by atoms with Crippen molar-refractivity contribution < 1.29 is 14.4 Å². The number of rotatable bonds is 6. The van der Waals surface area contributed by atoms with E-state index in [0.29, 0.717) is 28.7 Å². The fourth-order valence-corrected chi connectivity index (χ4v) is 3.02. The van der Waals surface area contributed by atoms with Gasteiger partial charge in [-0.05, 0) is 37.6 Å². The molecule has 0 aliphatic carbocycles. The van der Waals surface area contributed by atoms with Crippen molar-refractivity contribution in [3.8, 4) is 0 Å². The van der Waals surface area contributed by atoms with Crippen molar-refractivity contribution in [3.05, 3.63) is 40.9 Å². The van der Waals surface area contributed by atoms with Gasteiger partial charge in [0.2, 0.25) is 11.8 Å². The van der Waals surface area contributed by atoms with Crippen LogP contribution < -0.4 is 16.0 Å². The monoisotopic (exact) mass is 398 g/mol. The van der Waals surface area contributed by atoms with Gasteiger partial charge in [-0.1, -0.05) is 29.3 Å². The first-order valence-corrected chi connectivity index (χ1v) is 8.85. The molecule has 7 nitrogen and oxygen atoms in total. The Morgan fingerprint density at radius 2 is 2.08 bits per heavy atom. The molecule has 1 fully saturated rings. The van der Waals surface area contributed by atoms with Crippen LogP contribution in [0.5, 0.6) is 0 Å². The highest BCUT2D eigenvalue weighted by molar-refractivity contribution is 6.35. The number of urea groups is 1. The number of amides is 4. The Labute approximate surface area is 161 Å². The summed E-state index contributed by atoms with van der Waals surface area (Å²) in [5.74, 6) is -0.748. The Bertz CT molecular complexity index is 711. The molecule has 140 valence electrons. The van der Waals surface area contributed by atoms with Crippen LogP contribution in [0.1, 0.15) is 12.8 Å². The van der Waals surface area contributed by atoms with Gasteiger partial charge in [-0.2, -0.15) is 0 Å². The zero-order chi connectivity index (χ0) is 19.1. The van der Waals surface area contributed by atoms with Gasteiger partial charge in [-0.3, -0.25) is 19.8 Å². The molecule has 9 heteroatoms. The van der Waals surface area contributed by atoms with Crippen molar-refractivity contribution >= 4 is 46.7 Å². The largest absolute Gasteiger partial charge is 0.334 e. The molecule has 1 unspecified atom stereocenters. The van der Waals surface area contributed by atoms with Crippen molar-refractivity contribution in [2.75, 3.05) is 25.0 Å². The van der Waals surface area contributed by atoms with E-state index >= 15 is 0 Å². The summed E-state index contributed by atoms with van der Waals surface area (Å²) in [7, 11) is 0. The Morgan fingerprint density at radius 3 is 2.81 bits per heavy atom. The second-order valence-electron chi connectivity index (χ2n) is 5.79. The second-order valence-corrected chi connectivity index (χ2v) is 6.63. The molecular formula is C17H20Cl2N4O3. The molecule has 1 aromatic carbocycles. The normalized spacial score (nSPS) is 16.8. The summed E-state index contributed by atoms with van der Waals surface area (Å²) in [6, 6.07) is 3.72. The highest BCUT2D eigenvalue weighted by Crippen LogP contribution is 2.27. The Kier molecular flexibility index (Phi) is 7.44. The van der Waals surface area contributed by atoms with Crippen LogP contribution in [0, 0.1) is 0 Å². The third kappa shape index (κ3) is 5.72. The Balaban J connectivity index is 1.93. The molecule has 0 radical (unpaired) electrons. The lowest BCUT2D eigenvalue weighted by Gasteiger charge is -2.23. The number of nitrogens with zero attached hydrogens (tertiary/aromatic N) is 1. The van der Waals surface area contributed by atoms with Gasteiger partial charge < -0.3 is 10.6 Å². The zero-order valence-electron chi connectivity index (χ0n) is 14.1. The lowest BCUT2D eigenvalue weighted by atomic mass is 10.2. The lowest BCUT2D eigenvalue weighted by molar-refractivity contribution is -0.124. The van der Waals surface area contributed by atoms with Crippen molar-refractivity contribution in [3.63, 3.8) is 0 Å². The number of anilines is 1. The quantitative estimate of drug-likeness (QED) is 0.641. The van der Waals surface area contributed by atoms with Crippen molar-refractivity contribution in [2.24, 2.45) is 0 Å². The number of hydrogen-bond acceptors (Lipinski definition) is 4. The van der Waals surface area contributed by atoms with Crippen LogP contribution in [0.25, 0.3) is 0 Å². The summed E-state index contributed by atoms with van der Waals surface area (Å²) in [6.45, 7) is 4.26. The van der Waals surface area contributed by atoms with Gasteiger partial charge in [0.1, 0.15) is 0 Å². The van der Waals surface area contributed by atoms with Gasteiger partial charge in [0.25, 0.3) is 0 Å². The maximum absolute atomic E-state index is 12.6. The predicted molar refractivity (Wildman–Crippen MR) is 101 cm³/mol. The van der Waals surface area contributed by atoms with E-state index in [-0.39, 0.29) is 19.0 Å². The zero-order valence-corrected chi connectivity index (χ0v) is 15.6. The number of hydrogen-bond donors (Lipinski definition) is 3. The van der Waals surface area contributed by atoms with Crippen LogP contribution in [0.15, 0.2) is 30.9 Å². The maximum Gasteiger partial charge on any atom is 0.321 e. The van der Waals surface area contributed by atoms with Crippen molar-refractivity contribution in [1.82, 2.24) is 15.5 Å². The van der Waals surface area contributed by atoms with Crippen LogP contribution in [0.3, 0.4) is 0 Å². The average Bonchev–Trinajstić information content (AvgIpc) is 3.04. The van der Waals surface area contributed by atoms with E-state index in [1.807, 2.05) is 0 Å². The van der Waals surface area contributed by atoms with Crippen LogP contribution in [-0.2, 0) is 9.59 Å². The minimum absolute atomic E-state index is 0.0527. The van der Waals surface area contributed by atoms with E-state index < -0.39 is 18.0 Å². The molecule has 1 aromatic rings. The molecule has 1 heterocycles. The summed E-state index contributed by atoms with van der Waals surface area (Å²) in [5, 5.41) is 8.25. The van der Waals surface area contributed by atoms with Crippen LogP contribution in [-0.4, -0.2) is 48.4 Å². The molecule has 4 amide bonds. The van der Waals surface area contributed by atoms with Crippen molar-refractivity contribution in [1.29, 1.82) is 0 Å². The van der Waals surface area contributed by atoms with Gasteiger partial charge in [-0.25, -0.2) is 4.79 Å². The molecule has 1 saturated heterocycles. The topological polar surface area (TPSA) is 90.5 Å². The van der Waals surface area contributed by atoms with E-state index in [1.54, 1.807) is 23.1 Å². The van der Waals surface area contributed by atoms with Crippen molar-refractivity contribution in [2.45, 2.75) is 18.9 Å². The van der Waals surface area contributed by atoms with Gasteiger partial charge in [0.05, 0.1) is 23.3 Å². The summed E-state index contributed by atoms with van der Waals surface area (Å²) in [4.78, 5) is 37.8. The second kappa shape index (κ2) is 9.56. The fraction of sp³-hybridized carbons (Fsp3) is 0.353. The molecule has 0 bridgehead atoms. The van der Waals surface area contributed by atoms with Gasteiger partial charge in [-0.15, -0.1) is 6.58 Å². The molecule has 26 heavy (non-hydrogen) atoms.